The monoisotopic (exact) mass is 457 g/mol. The lowest BCUT2D eigenvalue weighted by Gasteiger charge is -2.24. The summed E-state index contributed by atoms with van der Waals surface area (Å²) < 4.78 is 34.2. The first kappa shape index (κ1) is 22.8. The van der Waals surface area contributed by atoms with Gasteiger partial charge >= 0.3 is 6.61 Å². The van der Waals surface area contributed by atoms with Crippen molar-refractivity contribution in [2.75, 3.05) is 20.2 Å². The molecular weight excluding hydrogens is 431 g/mol. The highest BCUT2D eigenvalue weighted by Gasteiger charge is 2.16. The van der Waals surface area contributed by atoms with Gasteiger partial charge in [-0.1, -0.05) is 12.1 Å². The maximum absolute atomic E-state index is 12.2. The zero-order chi connectivity index (χ0) is 17.3. The van der Waals surface area contributed by atoms with Crippen LogP contribution in [0.1, 0.15) is 26.3 Å². The third kappa shape index (κ3) is 9.21. The molecule has 0 atom stereocenters. The van der Waals surface area contributed by atoms with E-state index < -0.39 is 6.61 Å². The topological polar surface area (TPSA) is 54.9 Å². The predicted octanol–water partition coefficient (Wildman–Crippen LogP) is 3.39. The number of halogens is 3. The summed E-state index contributed by atoms with van der Waals surface area (Å²) in [6.07, 6.45) is 0. The lowest BCUT2D eigenvalue weighted by molar-refractivity contribution is -0.0498. The minimum Gasteiger partial charge on any atom is -0.435 e. The number of guanidine groups is 1. The SMILES string of the molecule is CCNC(=NCc1cccc(OC(F)F)c1)NCC(C)(C)OC.I. The van der Waals surface area contributed by atoms with E-state index in [1.807, 2.05) is 26.8 Å². The molecule has 0 aliphatic rings. The fourth-order valence-corrected chi connectivity index (χ4v) is 1.70. The Morgan fingerprint density at radius 3 is 2.58 bits per heavy atom. The van der Waals surface area contributed by atoms with Gasteiger partial charge in [0.1, 0.15) is 5.75 Å². The predicted molar refractivity (Wildman–Crippen MR) is 102 cm³/mol. The zero-order valence-corrected chi connectivity index (χ0v) is 16.8. The molecule has 0 fully saturated rings. The summed E-state index contributed by atoms with van der Waals surface area (Å²) in [6, 6.07) is 6.52. The van der Waals surface area contributed by atoms with Gasteiger partial charge in [-0.25, -0.2) is 4.99 Å². The number of hydrogen-bond acceptors (Lipinski definition) is 3. The van der Waals surface area contributed by atoms with Gasteiger partial charge in [0, 0.05) is 20.2 Å². The van der Waals surface area contributed by atoms with Crippen LogP contribution in [-0.2, 0) is 11.3 Å². The van der Waals surface area contributed by atoms with Crippen molar-refractivity contribution < 1.29 is 18.3 Å². The highest BCUT2D eigenvalue weighted by Crippen LogP contribution is 2.16. The number of hydrogen-bond donors (Lipinski definition) is 2. The van der Waals surface area contributed by atoms with E-state index >= 15 is 0 Å². The Balaban J connectivity index is 0.00000529. The van der Waals surface area contributed by atoms with Gasteiger partial charge in [-0.05, 0) is 38.5 Å². The van der Waals surface area contributed by atoms with Crippen LogP contribution in [0.3, 0.4) is 0 Å². The second-order valence-electron chi connectivity index (χ2n) is 5.54. The Hall–Kier alpha value is -1.16. The molecule has 5 nitrogen and oxygen atoms in total. The first-order valence-electron chi connectivity index (χ1n) is 7.47. The number of nitrogens with zero attached hydrogens (tertiary/aromatic N) is 1. The molecule has 0 bridgehead atoms. The normalized spacial score (nSPS) is 11.9. The molecule has 0 radical (unpaired) electrons. The molecule has 0 unspecified atom stereocenters. The van der Waals surface area contributed by atoms with Crippen LogP contribution in [0, 0.1) is 0 Å². The molecule has 0 saturated heterocycles. The summed E-state index contributed by atoms with van der Waals surface area (Å²) in [6.45, 7) is 4.73. The summed E-state index contributed by atoms with van der Waals surface area (Å²) >= 11 is 0. The zero-order valence-electron chi connectivity index (χ0n) is 14.4. The average molecular weight is 457 g/mol. The van der Waals surface area contributed by atoms with Gasteiger partial charge in [0.2, 0.25) is 0 Å². The van der Waals surface area contributed by atoms with Crippen molar-refractivity contribution in [1.29, 1.82) is 0 Å². The van der Waals surface area contributed by atoms with Gasteiger partial charge in [-0.15, -0.1) is 24.0 Å². The van der Waals surface area contributed by atoms with E-state index in [0.717, 1.165) is 5.56 Å². The number of benzene rings is 1. The maximum atomic E-state index is 12.2. The van der Waals surface area contributed by atoms with Crippen LogP contribution in [0.2, 0.25) is 0 Å². The van der Waals surface area contributed by atoms with Crippen LogP contribution in [0.25, 0.3) is 0 Å². The van der Waals surface area contributed by atoms with E-state index in [1.54, 1.807) is 19.2 Å². The number of alkyl halides is 2. The third-order valence-corrected chi connectivity index (χ3v) is 3.12. The minimum atomic E-state index is -2.83. The van der Waals surface area contributed by atoms with Gasteiger partial charge in [0.15, 0.2) is 5.96 Å². The molecule has 2 N–H and O–H groups in total. The van der Waals surface area contributed by atoms with E-state index in [9.17, 15) is 8.78 Å². The van der Waals surface area contributed by atoms with Gasteiger partial charge in [0.05, 0.1) is 12.1 Å². The molecule has 0 aliphatic heterocycles. The van der Waals surface area contributed by atoms with Crippen molar-refractivity contribution in [3.63, 3.8) is 0 Å². The third-order valence-electron chi connectivity index (χ3n) is 3.12. The molecule has 0 aromatic heterocycles. The van der Waals surface area contributed by atoms with Crippen LogP contribution in [0.4, 0.5) is 8.78 Å². The maximum Gasteiger partial charge on any atom is 0.387 e. The molecular formula is C16H26F2IN3O2. The molecule has 1 aromatic rings. The van der Waals surface area contributed by atoms with Gasteiger partial charge < -0.3 is 20.1 Å². The van der Waals surface area contributed by atoms with Gasteiger partial charge in [-0.2, -0.15) is 8.78 Å². The average Bonchev–Trinajstić information content (AvgIpc) is 2.50. The van der Waals surface area contributed by atoms with Crippen molar-refractivity contribution in [3.05, 3.63) is 29.8 Å². The summed E-state index contributed by atoms with van der Waals surface area (Å²) in [5, 5.41) is 6.32. The number of nitrogens with one attached hydrogen (secondary N) is 2. The summed E-state index contributed by atoms with van der Waals surface area (Å²) in [5.74, 6) is 0.768. The molecule has 0 heterocycles. The van der Waals surface area contributed by atoms with Gasteiger partial charge in [-0.3, -0.25) is 0 Å². The Morgan fingerprint density at radius 2 is 2.00 bits per heavy atom. The molecule has 1 rings (SSSR count). The summed E-state index contributed by atoms with van der Waals surface area (Å²) in [4.78, 5) is 4.44. The molecule has 8 heteroatoms. The second kappa shape index (κ2) is 11.4. The van der Waals surface area contributed by atoms with Crippen LogP contribution in [0.15, 0.2) is 29.3 Å². The quantitative estimate of drug-likeness (QED) is 0.357. The smallest absolute Gasteiger partial charge is 0.387 e. The largest absolute Gasteiger partial charge is 0.435 e. The summed E-state index contributed by atoms with van der Waals surface area (Å²) in [5.41, 5.74) is 0.465. The standard InChI is InChI=1S/C16H25F2N3O2.HI/c1-5-19-15(21-11-16(2,3)22-4)20-10-12-7-6-8-13(9-12)23-14(17)18;/h6-9,14H,5,10-11H2,1-4H3,(H2,19,20,21);1H. The molecule has 0 spiro atoms. The van der Waals surface area contributed by atoms with Crippen LogP contribution in [-0.4, -0.2) is 38.4 Å². The highest BCUT2D eigenvalue weighted by molar-refractivity contribution is 14.0. The van der Waals surface area contributed by atoms with E-state index in [0.29, 0.717) is 25.6 Å². The van der Waals surface area contributed by atoms with Crippen LogP contribution in [0.5, 0.6) is 5.75 Å². The molecule has 24 heavy (non-hydrogen) atoms. The first-order valence-corrected chi connectivity index (χ1v) is 7.47. The Morgan fingerprint density at radius 1 is 1.29 bits per heavy atom. The number of rotatable bonds is 8. The Bertz CT molecular complexity index is 514. The highest BCUT2D eigenvalue weighted by atomic mass is 127. The van der Waals surface area contributed by atoms with Gasteiger partial charge in [0.25, 0.3) is 0 Å². The van der Waals surface area contributed by atoms with Crippen LogP contribution >= 0.6 is 24.0 Å². The number of methoxy groups -OCH3 is 1. The molecule has 0 saturated carbocycles. The molecule has 1 aromatic carbocycles. The summed E-state index contributed by atoms with van der Waals surface area (Å²) in [7, 11) is 1.65. The van der Waals surface area contributed by atoms with Crippen molar-refractivity contribution in [2.45, 2.75) is 39.5 Å². The number of ether oxygens (including phenoxy) is 2. The lowest BCUT2D eigenvalue weighted by atomic mass is 10.1. The van der Waals surface area contributed by atoms with Crippen LogP contribution < -0.4 is 15.4 Å². The molecule has 138 valence electrons. The minimum absolute atomic E-state index is 0. The second-order valence-corrected chi connectivity index (χ2v) is 5.54. The van der Waals surface area contributed by atoms with E-state index in [-0.39, 0.29) is 35.3 Å². The number of aliphatic imine (C=N–C) groups is 1. The van der Waals surface area contributed by atoms with Crippen molar-refractivity contribution in [1.82, 2.24) is 10.6 Å². The van der Waals surface area contributed by atoms with Crippen molar-refractivity contribution in [3.8, 4) is 5.75 Å². The van der Waals surface area contributed by atoms with E-state index in [2.05, 4.69) is 20.4 Å². The Labute approximate surface area is 159 Å². The lowest BCUT2D eigenvalue weighted by Crippen LogP contribution is -2.45. The molecule has 0 aliphatic carbocycles. The molecule has 0 amide bonds. The van der Waals surface area contributed by atoms with Crippen molar-refractivity contribution >= 4 is 29.9 Å². The fraction of sp³-hybridized carbons (Fsp3) is 0.562. The van der Waals surface area contributed by atoms with E-state index in [1.165, 1.54) is 6.07 Å². The van der Waals surface area contributed by atoms with E-state index in [4.69, 9.17) is 4.74 Å². The first-order chi connectivity index (χ1) is 10.9. The van der Waals surface area contributed by atoms with Crippen molar-refractivity contribution in [2.24, 2.45) is 4.99 Å². The fourth-order valence-electron chi connectivity index (χ4n) is 1.70. The Kier molecular flexibility index (Phi) is 10.9.